The Kier molecular flexibility index (Phi) is 29.7. The number of rotatable bonds is 30. The number of aliphatic hydroxyl groups is 2. The second kappa shape index (κ2) is 30.8. The summed E-state index contributed by atoms with van der Waals surface area (Å²) in [6.07, 6.45) is 0.829. The predicted octanol–water partition coefficient (Wildman–Crippen LogP) is 0.0592. The van der Waals surface area contributed by atoms with Crippen molar-refractivity contribution in [1.82, 2.24) is 0 Å². The fourth-order valence-corrected chi connectivity index (χ4v) is 2.28. The first-order valence-corrected chi connectivity index (χ1v) is 12.5. The molecule has 0 aliphatic rings. The lowest BCUT2D eigenvalue weighted by atomic mass is 10.2. The molecule has 0 atom stereocenters. The second-order valence-electron chi connectivity index (χ2n) is 7.29. The first kappa shape index (κ1) is 35.6. The number of carbonyl (C=O) groups excluding carboxylic acids is 1. The van der Waals surface area contributed by atoms with Crippen molar-refractivity contribution in [1.29, 1.82) is 0 Å². The van der Waals surface area contributed by atoms with Crippen molar-refractivity contribution in [3.05, 3.63) is 12.7 Å². The van der Waals surface area contributed by atoms with Crippen LogP contribution in [-0.2, 0) is 47.4 Å². The Labute approximate surface area is 219 Å². The molecule has 0 amide bonds. The number of ether oxygens (including phenoxy) is 10. The van der Waals surface area contributed by atoms with Crippen molar-refractivity contribution in [2.45, 2.75) is 0 Å². The van der Waals surface area contributed by atoms with Gasteiger partial charge in [0.15, 0.2) is 0 Å². The zero-order chi connectivity index (χ0) is 27.1. The molecule has 0 bridgehead atoms. The zero-order valence-electron chi connectivity index (χ0n) is 21.9. The maximum absolute atomic E-state index is 11.3. The van der Waals surface area contributed by atoms with Gasteiger partial charge in [0, 0.05) is 5.92 Å². The third-order valence-electron chi connectivity index (χ3n) is 4.24. The van der Waals surface area contributed by atoms with Crippen LogP contribution >= 0.6 is 0 Å². The molecule has 220 valence electrons. The van der Waals surface area contributed by atoms with E-state index in [1.54, 1.807) is 6.08 Å². The van der Waals surface area contributed by atoms with Crippen LogP contribution in [0.4, 0.5) is 4.79 Å². The van der Waals surface area contributed by atoms with Gasteiger partial charge in [0.25, 0.3) is 0 Å². The van der Waals surface area contributed by atoms with E-state index in [0.717, 1.165) is 0 Å². The largest absolute Gasteiger partial charge is 0.508 e. The number of hydrogen-bond donors (Lipinski definition) is 2. The summed E-state index contributed by atoms with van der Waals surface area (Å²) in [6, 6.07) is 0. The highest BCUT2D eigenvalue weighted by Gasteiger charge is 2.10. The first-order chi connectivity index (χ1) is 18.2. The van der Waals surface area contributed by atoms with Gasteiger partial charge >= 0.3 is 6.16 Å². The summed E-state index contributed by atoms with van der Waals surface area (Å²) in [5, 5.41) is 17.7. The van der Waals surface area contributed by atoms with Crippen molar-refractivity contribution in [2.75, 3.05) is 132 Å². The van der Waals surface area contributed by atoms with Gasteiger partial charge in [-0.15, -0.1) is 6.58 Å². The lowest BCUT2D eigenvalue weighted by Gasteiger charge is -2.11. The Morgan fingerprint density at radius 3 is 1.19 bits per heavy atom. The molecule has 0 aliphatic carbocycles. The SMILES string of the molecule is C=CCOCCOCCOCCOCCOCCOCCOCCOCCOC(=O)OCC(CO)CO. The van der Waals surface area contributed by atoms with Crippen molar-refractivity contribution in [2.24, 2.45) is 5.92 Å². The third kappa shape index (κ3) is 29.0. The minimum atomic E-state index is -0.870. The van der Waals surface area contributed by atoms with Gasteiger partial charge in [-0.2, -0.15) is 0 Å². The Morgan fingerprint density at radius 2 is 0.865 bits per heavy atom. The van der Waals surface area contributed by atoms with Crippen molar-refractivity contribution in [3.63, 3.8) is 0 Å². The molecule has 0 unspecified atom stereocenters. The Bertz CT molecular complexity index is 478. The number of hydrogen-bond acceptors (Lipinski definition) is 13. The van der Waals surface area contributed by atoms with Crippen LogP contribution in [0.2, 0.25) is 0 Å². The van der Waals surface area contributed by atoms with E-state index in [0.29, 0.717) is 99.1 Å². The van der Waals surface area contributed by atoms with Gasteiger partial charge < -0.3 is 57.6 Å². The highest BCUT2D eigenvalue weighted by molar-refractivity contribution is 5.59. The molecule has 37 heavy (non-hydrogen) atoms. The minimum absolute atomic E-state index is 0.0345. The summed E-state index contributed by atoms with van der Waals surface area (Å²) in [6.45, 7) is 10.3. The monoisotopic (exact) mass is 542 g/mol. The summed E-state index contributed by atoms with van der Waals surface area (Å²) < 4.78 is 52.3. The Balaban J connectivity index is 3.13. The van der Waals surface area contributed by atoms with E-state index in [9.17, 15) is 4.79 Å². The standard InChI is InChI=1S/C24H46O13/c1-2-3-28-4-5-29-6-7-30-8-9-31-10-11-32-12-13-33-14-15-34-16-17-35-18-19-36-24(27)37-22-23(20-25)21-26/h2,23,25-26H,1,3-22H2. The zero-order valence-corrected chi connectivity index (χ0v) is 21.9. The lowest BCUT2D eigenvalue weighted by molar-refractivity contribution is -0.0251. The molecule has 13 nitrogen and oxygen atoms in total. The fraction of sp³-hybridized carbons (Fsp3) is 0.875. The third-order valence-corrected chi connectivity index (χ3v) is 4.24. The van der Waals surface area contributed by atoms with Crippen LogP contribution < -0.4 is 0 Å². The topological polar surface area (TPSA) is 150 Å². The van der Waals surface area contributed by atoms with Crippen molar-refractivity contribution >= 4 is 6.16 Å². The number of aliphatic hydroxyl groups excluding tert-OH is 2. The molecule has 0 rings (SSSR count). The molecule has 0 spiro atoms. The van der Waals surface area contributed by atoms with E-state index in [1.807, 2.05) is 0 Å². The number of carbonyl (C=O) groups is 1. The van der Waals surface area contributed by atoms with Crippen molar-refractivity contribution in [3.8, 4) is 0 Å². The molecule has 0 aromatic carbocycles. The summed E-state index contributed by atoms with van der Waals surface area (Å²) in [4.78, 5) is 11.3. The molecule has 0 fully saturated rings. The maximum Gasteiger partial charge on any atom is 0.508 e. The highest BCUT2D eigenvalue weighted by atomic mass is 16.7. The van der Waals surface area contributed by atoms with Crippen LogP contribution in [0.15, 0.2) is 12.7 Å². The smallest absolute Gasteiger partial charge is 0.434 e. The summed E-state index contributed by atoms with van der Waals surface area (Å²) in [5.74, 6) is -0.510. The van der Waals surface area contributed by atoms with E-state index in [2.05, 4.69) is 6.58 Å². The van der Waals surface area contributed by atoms with Crippen LogP contribution in [-0.4, -0.2) is 149 Å². The molecule has 13 heteroatoms. The molecule has 0 radical (unpaired) electrons. The lowest BCUT2D eigenvalue weighted by Crippen LogP contribution is -2.21. The van der Waals surface area contributed by atoms with Crippen LogP contribution in [0, 0.1) is 5.92 Å². The molecule has 0 saturated carbocycles. The maximum atomic E-state index is 11.3. The average Bonchev–Trinajstić information content (AvgIpc) is 2.91. The predicted molar refractivity (Wildman–Crippen MR) is 132 cm³/mol. The molecule has 0 aromatic heterocycles. The highest BCUT2D eigenvalue weighted by Crippen LogP contribution is 1.96. The molecule has 0 saturated heterocycles. The van der Waals surface area contributed by atoms with E-state index < -0.39 is 12.1 Å². The molecule has 0 heterocycles. The van der Waals surface area contributed by atoms with E-state index in [4.69, 9.17) is 57.6 Å². The Morgan fingerprint density at radius 1 is 0.541 bits per heavy atom. The van der Waals surface area contributed by atoms with E-state index in [1.165, 1.54) is 0 Å². The van der Waals surface area contributed by atoms with Gasteiger partial charge in [-0.25, -0.2) is 4.79 Å². The fourth-order valence-electron chi connectivity index (χ4n) is 2.28. The molecule has 2 N–H and O–H groups in total. The van der Waals surface area contributed by atoms with E-state index in [-0.39, 0.29) is 33.0 Å². The molecular weight excluding hydrogens is 496 g/mol. The van der Waals surface area contributed by atoms with Crippen LogP contribution in [0.25, 0.3) is 0 Å². The Hall–Kier alpha value is -1.39. The average molecular weight is 543 g/mol. The molecule has 0 aromatic rings. The summed E-state index contributed by atoms with van der Waals surface area (Å²) in [7, 11) is 0. The quantitative estimate of drug-likeness (QED) is 0.0716. The van der Waals surface area contributed by atoms with Crippen LogP contribution in [0.1, 0.15) is 0 Å². The van der Waals surface area contributed by atoms with Crippen LogP contribution in [0.3, 0.4) is 0 Å². The second-order valence-corrected chi connectivity index (χ2v) is 7.29. The normalized spacial score (nSPS) is 11.2. The van der Waals surface area contributed by atoms with E-state index >= 15 is 0 Å². The minimum Gasteiger partial charge on any atom is -0.434 e. The molecular formula is C24H46O13. The summed E-state index contributed by atoms with van der Waals surface area (Å²) in [5.41, 5.74) is 0. The van der Waals surface area contributed by atoms with Gasteiger partial charge in [-0.05, 0) is 0 Å². The van der Waals surface area contributed by atoms with Gasteiger partial charge in [-0.1, -0.05) is 6.08 Å². The van der Waals surface area contributed by atoms with Gasteiger partial charge in [0.2, 0.25) is 0 Å². The van der Waals surface area contributed by atoms with Crippen LogP contribution in [0.5, 0.6) is 0 Å². The molecule has 0 aliphatic heterocycles. The van der Waals surface area contributed by atoms with Gasteiger partial charge in [0.05, 0.1) is 119 Å². The van der Waals surface area contributed by atoms with Gasteiger partial charge in [0.1, 0.15) is 13.2 Å². The first-order valence-electron chi connectivity index (χ1n) is 12.5. The van der Waals surface area contributed by atoms with Gasteiger partial charge in [-0.3, -0.25) is 0 Å². The summed E-state index contributed by atoms with van der Waals surface area (Å²) >= 11 is 0. The van der Waals surface area contributed by atoms with Crippen molar-refractivity contribution < 1.29 is 62.4 Å².